The van der Waals surface area contributed by atoms with Gasteiger partial charge in [0.15, 0.2) is 5.65 Å². The summed E-state index contributed by atoms with van der Waals surface area (Å²) in [6, 6.07) is 13.6. The van der Waals surface area contributed by atoms with Crippen molar-refractivity contribution in [2.75, 3.05) is 32.0 Å². The lowest BCUT2D eigenvalue weighted by Crippen LogP contribution is -2.45. The maximum Gasteiger partial charge on any atom is 0.164 e. The highest BCUT2D eigenvalue weighted by Crippen LogP contribution is 2.37. The Morgan fingerprint density at radius 3 is 2.62 bits per heavy atom. The van der Waals surface area contributed by atoms with Gasteiger partial charge in [0.2, 0.25) is 0 Å². The van der Waals surface area contributed by atoms with Crippen LogP contribution in [-0.4, -0.2) is 66.8 Å². The molecule has 1 saturated carbocycles. The molecule has 0 bridgehead atoms. The number of morpholine rings is 1. The SMILES string of the molecule is Nc1ncnc2c1c(-c1ccc3cnn(Cc4cccc(F)c4)c3c1)nn2C1CCC(N2CCOCC2)CC1. The van der Waals surface area contributed by atoms with E-state index >= 15 is 0 Å². The monoisotopic (exact) mass is 526 g/mol. The molecular formula is C29H31FN8O. The van der Waals surface area contributed by atoms with Crippen molar-refractivity contribution in [1.82, 2.24) is 34.4 Å². The predicted octanol–water partition coefficient (Wildman–Crippen LogP) is 4.43. The molecule has 39 heavy (non-hydrogen) atoms. The Bertz CT molecular complexity index is 1630. The normalized spacial score (nSPS) is 20.6. The average Bonchev–Trinajstić information content (AvgIpc) is 3.56. The third-order valence-corrected chi connectivity index (χ3v) is 8.23. The molecule has 3 aromatic heterocycles. The summed E-state index contributed by atoms with van der Waals surface area (Å²) < 4.78 is 23.3. The molecule has 2 N–H and O–H groups in total. The number of halogens is 1. The van der Waals surface area contributed by atoms with Crippen LogP contribution < -0.4 is 5.73 Å². The zero-order chi connectivity index (χ0) is 26.3. The van der Waals surface area contributed by atoms with Crippen LogP contribution in [0.15, 0.2) is 55.0 Å². The molecule has 1 aliphatic carbocycles. The van der Waals surface area contributed by atoms with Crippen molar-refractivity contribution in [3.05, 3.63) is 66.4 Å². The first kappa shape index (κ1) is 24.2. The fraction of sp³-hybridized carbons (Fsp3) is 0.379. The van der Waals surface area contributed by atoms with Gasteiger partial charge in [-0.2, -0.15) is 10.2 Å². The van der Waals surface area contributed by atoms with Crippen LogP contribution in [0.3, 0.4) is 0 Å². The molecule has 0 spiro atoms. The molecule has 10 heteroatoms. The lowest BCUT2D eigenvalue weighted by Gasteiger charge is -2.38. The molecule has 0 radical (unpaired) electrons. The zero-order valence-electron chi connectivity index (χ0n) is 21.7. The van der Waals surface area contributed by atoms with Crippen molar-refractivity contribution in [3.8, 4) is 11.3 Å². The van der Waals surface area contributed by atoms with E-state index < -0.39 is 0 Å². The van der Waals surface area contributed by atoms with E-state index in [0.29, 0.717) is 18.4 Å². The summed E-state index contributed by atoms with van der Waals surface area (Å²) in [5, 5.41) is 11.5. The molecule has 9 nitrogen and oxygen atoms in total. The van der Waals surface area contributed by atoms with Crippen molar-refractivity contribution >= 4 is 27.8 Å². The van der Waals surface area contributed by atoms with Gasteiger partial charge in [-0.15, -0.1) is 0 Å². The van der Waals surface area contributed by atoms with E-state index in [2.05, 4.69) is 30.7 Å². The van der Waals surface area contributed by atoms with Crippen molar-refractivity contribution in [1.29, 1.82) is 0 Å². The molecule has 2 aliphatic rings. The fourth-order valence-corrected chi connectivity index (χ4v) is 6.21. The average molecular weight is 527 g/mol. The molecule has 2 aromatic carbocycles. The Labute approximate surface area is 225 Å². The highest BCUT2D eigenvalue weighted by atomic mass is 19.1. The highest BCUT2D eigenvalue weighted by molar-refractivity contribution is 5.99. The molecular weight excluding hydrogens is 495 g/mol. The Kier molecular flexibility index (Phi) is 6.21. The summed E-state index contributed by atoms with van der Waals surface area (Å²) in [5.41, 5.74) is 10.7. The third kappa shape index (κ3) is 4.53. The van der Waals surface area contributed by atoms with Crippen LogP contribution >= 0.6 is 0 Å². The summed E-state index contributed by atoms with van der Waals surface area (Å²) in [6.07, 6.45) is 7.71. The summed E-state index contributed by atoms with van der Waals surface area (Å²) in [4.78, 5) is 11.5. The summed E-state index contributed by atoms with van der Waals surface area (Å²) >= 11 is 0. The number of benzene rings is 2. The second kappa shape index (κ2) is 10.0. The Morgan fingerprint density at radius 1 is 0.974 bits per heavy atom. The molecule has 5 aromatic rings. The molecule has 4 heterocycles. The van der Waals surface area contributed by atoms with Crippen LogP contribution in [0.25, 0.3) is 33.2 Å². The number of hydrogen-bond donors (Lipinski definition) is 1. The highest BCUT2D eigenvalue weighted by Gasteiger charge is 2.30. The standard InChI is InChI=1S/C29H31FN8O/c30-22-3-1-2-19(14-22)17-37-25-15-20(4-5-21(25)16-34-37)27-26-28(31)32-18-33-29(26)38(35-27)24-8-6-23(7-9-24)36-10-12-39-13-11-36/h1-5,14-16,18,23-24H,6-13,17H2,(H2,31,32,33). The smallest absolute Gasteiger partial charge is 0.164 e. The third-order valence-electron chi connectivity index (χ3n) is 8.23. The van der Waals surface area contributed by atoms with Gasteiger partial charge >= 0.3 is 0 Å². The van der Waals surface area contributed by atoms with Gasteiger partial charge < -0.3 is 10.5 Å². The second-order valence-electron chi connectivity index (χ2n) is 10.6. The van der Waals surface area contributed by atoms with Crippen molar-refractivity contribution < 1.29 is 9.13 Å². The minimum atomic E-state index is -0.254. The topological polar surface area (TPSA) is 99.9 Å². The Balaban J connectivity index is 1.22. The van der Waals surface area contributed by atoms with E-state index in [0.717, 1.165) is 90.7 Å². The van der Waals surface area contributed by atoms with Crippen molar-refractivity contribution in [3.63, 3.8) is 0 Å². The van der Waals surface area contributed by atoms with Gasteiger partial charge in [-0.1, -0.05) is 24.3 Å². The first-order chi connectivity index (χ1) is 19.1. The van der Waals surface area contributed by atoms with Gasteiger partial charge in [0.25, 0.3) is 0 Å². The molecule has 1 saturated heterocycles. The van der Waals surface area contributed by atoms with E-state index in [9.17, 15) is 4.39 Å². The number of nitrogens with two attached hydrogens (primary N) is 1. The minimum absolute atomic E-state index is 0.254. The Morgan fingerprint density at radius 2 is 1.79 bits per heavy atom. The zero-order valence-corrected chi connectivity index (χ0v) is 21.7. The van der Waals surface area contributed by atoms with Crippen molar-refractivity contribution in [2.45, 2.75) is 44.3 Å². The number of nitrogens with zero attached hydrogens (tertiary/aromatic N) is 7. The van der Waals surface area contributed by atoms with Crippen LogP contribution in [0.2, 0.25) is 0 Å². The molecule has 1 aliphatic heterocycles. The molecule has 0 atom stereocenters. The van der Waals surface area contributed by atoms with Crippen LogP contribution in [0.4, 0.5) is 10.2 Å². The number of rotatable bonds is 5. The fourth-order valence-electron chi connectivity index (χ4n) is 6.21. The quantitative estimate of drug-likeness (QED) is 0.362. The lowest BCUT2D eigenvalue weighted by molar-refractivity contribution is 0.00520. The second-order valence-corrected chi connectivity index (χ2v) is 10.6. The van der Waals surface area contributed by atoms with Gasteiger partial charge in [-0.05, 0) is 49.4 Å². The molecule has 7 rings (SSSR count). The van der Waals surface area contributed by atoms with Crippen LogP contribution in [0.5, 0.6) is 0 Å². The van der Waals surface area contributed by atoms with E-state index in [4.69, 9.17) is 15.6 Å². The summed E-state index contributed by atoms with van der Waals surface area (Å²) in [5.74, 6) is 0.174. The number of aromatic nitrogens is 6. The van der Waals surface area contributed by atoms with Gasteiger partial charge in [0.05, 0.1) is 42.9 Å². The number of anilines is 1. The predicted molar refractivity (Wildman–Crippen MR) is 148 cm³/mol. The van der Waals surface area contributed by atoms with E-state index in [1.165, 1.54) is 12.4 Å². The van der Waals surface area contributed by atoms with Crippen LogP contribution in [0.1, 0.15) is 37.3 Å². The van der Waals surface area contributed by atoms with Crippen molar-refractivity contribution in [2.24, 2.45) is 0 Å². The molecule has 2 fully saturated rings. The molecule has 0 unspecified atom stereocenters. The summed E-state index contributed by atoms with van der Waals surface area (Å²) in [6.45, 7) is 4.17. The first-order valence-electron chi connectivity index (χ1n) is 13.6. The van der Waals surface area contributed by atoms with Gasteiger partial charge in [-0.3, -0.25) is 9.58 Å². The lowest BCUT2D eigenvalue weighted by atomic mass is 9.90. The summed E-state index contributed by atoms with van der Waals surface area (Å²) in [7, 11) is 0. The van der Waals surface area contributed by atoms with Gasteiger partial charge in [-0.25, -0.2) is 19.0 Å². The number of nitrogen functional groups attached to an aromatic ring is 1. The maximum atomic E-state index is 13.8. The minimum Gasteiger partial charge on any atom is -0.383 e. The number of ether oxygens (including phenoxy) is 1. The van der Waals surface area contributed by atoms with E-state index in [1.807, 2.05) is 29.1 Å². The molecule has 0 amide bonds. The first-order valence-corrected chi connectivity index (χ1v) is 13.6. The van der Waals surface area contributed by atoms with Crippen LogP contribution in [-0.2, 0) is 11.3 Å². The van der Waals surface area contributed by atoms with Gasteiger partial charge in [0, 0.05) is 30.1 Å². The molecule has 200 valence electrons. The van der Waals surface area contributed by atoms with Gasteiger partial charge in [0.1, 0.15) is 23.7 Å². The maximum absolute atomic E-state index is 13.8. The number of fused-ring (bicyclic) bond motifs is 2. The van der Waals surface area contributed by atoms with E-state index in [1.54, 1.807) is 12.1 Å². The Hall–Kier alpha value is -3.89. The number of hydrogen-bond acceptors (Lipinski definition) is 7. The van der Waals surface area contributed by atoms with Crippen LogP contribution in [0, 0.1) is 5.82 Å². The largest absolute Gasteiger partial charge is 0.383 e. The van der Waals surface area contributed by atoms with E-state index in [-0.39, 0.29) is 11.9 Å².